The van der Waals surface area contributed by atoms with Crippen molar-refractivity contribution in [3.05, 3.63) is 0 Å². The van der Waals surface area contributed by atoms with Crippen molar-refractivity contribution in [2.24, 2.45) is 0 Å². The molecule has 0 amide bonds. The zero-order chi connectivity index (χ0) is 11.7. The summed E-state index contributed by atoms with van der Waals surface area (Å²) in [6.07, 6.45) is 3.17. The maximum atomic E-state index is 10.9. The van der Waals surface area contributed by atoms with Gasteiger partial charge in [-0.15, -0.1) is 0 Å². The molecule has 1 rings (SSSR count). The van der Waals surface area contributed by atoms with Gasteiger partial charge in [0.2, 0.25) is 0 Å². The monoisotopic (exact) mass is 210 g/mol. The van der Waals surface area contributed by atoms with Gasteiger partial charge in [0, 0.05) is 12.8 Å². The van der Waals surface area contributed by atoms with Gasteiger partial charge in [-0.1, -0.05) is 0 Å². The second-order valence-corrected chi connectivity index (χ2v) is 3.96. The number of rotatable bonds is 3. The van der Waals surface area contributed by atoms with Crippen molar-refractivity contribution in [3.8, 4) is 0 Å². The number of carbonyl (C=O) groups excluding carboxylic acids is 1. The van der Waals surface area contributed by atoms with Gasteiger partial charge in [-0.3, -0.25) is 4.79 Å². The zero-order valence-corrected chi connectivity index (χ0v) is 9.57. The van der Waals surface area contributed by atoms with E-state index in [1.807, 2.05) is 0 Å². The van der Waals surface area contributed by atoms with Crippen LogP contribution in [-0.2, 0) is 14.2 Å². The molecular formula is C9H18B2NO3+. The van der Waals surface area contributed by atoms with Gasteiger partial charge in [0.05, 0.1) is 40.2 Å². The van der Waals surface area contributed by atoms with E-state index < -0.39 is 0 Å². The van der Waals surface area contributed by atoms with Crippen molar-refractivity contribution >= 4 is 20.7 Å². The molecule has 0 bridgehead atoms. The van der Waals surface area contributed by atoms with E-state index in [0.717, 1.165) is 11.0 Å². The van der Waals surface area contributed by atoms with Gasteiger partial charge in [0.15, 0.2) is 0 Å². The van der Waals surface area contributed by atoms with E-state index in [9.17, 15) is 4.79 Å². The first-order valence-electron chi connectivity index (χ1n) is 5.13. The molecular weight excluding hydrogens is 192 g/mol. The number of quaternary nitrogens is 1. The number of nitrogens with zero attached hydrogens (tertiary/aromatic N) is 1. The van der Waals surface area contributed by atoms with Crippen molar-refractivity contribution in [1.82, 2.24) is 0 Å². The molecule has 0 unspecified atom stereocenters. The van der Waals surface area contributed by atoms with E-state index in [1.54, 1.807) is 0 Å². The van der Waals surface area contributed by atoms with Gasteiger partial charge in [-0.25, -0.2) is 0 Å². The average Bonchev–Trinajstić information content (AvgIpc) is 2.64. The first-order chi connectivity index (χ1) is 7.08. The number of hydrogen-bond donors (Lipinski definition) is 0. The number of methoxy groups -OCH3 is 1. The van der Waals surface area contributed by atoms with Gasteiger partial charge in [-0.2, -0.15) is 0 Å². The van der Waals surface area contributed by atoms with Crippen LogP contribution in [0.3, 0.4) is 0 Å². The topological polar surface area (TPSA) is 43.4 Å². The van der Waals surface area contributed by atoms with Crippen LogP contribution in [0.15, 0.2) is 0 Å². The molecule has 0 aromatic heterocycles. The van der Waals surface area contributed by atoms with Gasteiger partial charge in [0.1, 0.15) is 0 Å². The second kappa shape index (κ2) is 7.63. The molecule has 0 N–H and O–H groups in total. The van der Waals surface area contributed by atoms with Crippen LogP contribution in [0.2, 0.25) is 0 Å². The summed E-state index contributed by atoms with van der Waals surface area (Å²) in [5, 5.41) is 0. The van der Waals surface area contributed by atoms with Crippen LogP contribution in [0.5, 0.6) is 0 Å². The fraction of sp³-hybridized carbons (Fsp3) is 0.889. The average molecular weight is 210 g/mol. The summed E-state index contributed by atoms with van der Waals surface area (Å²) in [6, 6.07) is 0. The van der Waals surface area contributed by atoms with Crippen molar-refractivity contribution in [3.63, 3.8) is 0 Å². The van der Waals surface area contributed by atoms with Crippen LogP contribution in [0, 0.1) is 0 Å². The molecule has 0 aliphatic carbocycles. The van der Waals surface area contributed by atoms with E-state index in [0.29, 0.717) is 6.42 Å². The van der Waals surface area contributed by atoms with Crippen molar-refractivity contribution < 1.29 is 18.7 Å². The Hall–Kier alpha value is -0.640. The van der Waals surface area contributed by atoms with Crippen molar-refractivity contribution in [2.75, 3.05) is 33.8 Å². The molecule has 0 aromatic rings. The molecule has 2 radical (unpaired) electrons. The Morgan fingerprint density at radius 3 is 2.33 bits per heavy atom. The van der Waals surface area contributed by atoms with Crippen LogP contribution in [0.4, 0.5) is 0 Å². The number of likely N-dealkylation sites (tertiary alicyclic amines) is 1. The van der Waals surface area contributed by atoms with E-state index in [4.69, 9.17) is 4.70 Å². The van der Waals surface area contributed by atoms with Gasteiger partial charge >= 0.3 is 25.5 Å². The molecule has 1 heterocycles. The van der Waals surface area contributed by atoms with Crippen LogP contribution in [0.1, 0.15) is 19.3 Å². The fourth-order valence-corrected chi connectivity index (χ4v) is 1.79. The predicted molar refractivity (Wildman–Crippen MR) is 58.8 cm³/mol. The molecule has 1 aliphatic rings. The first-order valence-corrected chi connectivity index (χ1v) is 5.13. The van der Waals surface area contributed by atoms with Gasteiger partial charge in [0.25, 0.3) is 0 Å². The Bertz CT molecular complexity index is 206. The molecule has 4 nitrogen and oxygen atoms in total. The molecule has 0 spiro atoms. The molecule has 0 atom stereocenters. The Morgan fingerprint density at radius 1 is 1.47 bits per heavy atom. The summed E-state index contributed by atoms with van der Waals surface area (Å²) in [7, 11) is 8.09. The van der Waals surface area contributed by atoms with Crippen LogP contribution in [0.25, 0.3) is 0 Å². The van der Waals surface area contributed by atoms with Crippen LogP contribution >= 0.6 is 0 Å². The zero-order valence-electron chi connectivity index (χ0n) is 9.57. The second-order valence-electron chi connectivity index (χ2n) is 3.96. The molecule has 0 saturated carbocycles. The minimum atomic E-state index is -0.0822. The number of carbonyl (C=O) groups is 1. The quantitative estimate of drug-likeness (QED) is 0.371. The molecule has 6 heteroatoms. The third-order valence-corrected chi connectivity index (χ3v) is 2.73. The number of hydrogen-bond acceptors (Lipinski definition) is 3. The van der Waals surface area contributed by atoms with Crippen molar-refractivity contribution in [2.45, 2.75) is 19.3 Å². The molecule has 15 heavy (non-hydrogen) atoms. The SMILES string of the molecule is COC(=O)CC[N+]1(C)CCCC1.[B]B=O. The molecule has 1 aliphatic heterocycles. The first kappa shape index (κ1) is 14.4. The Balaban J connectivity index is 0.000000583. The number of esters is 1. The third-order valence-electron chi connectivity index (χ3n) is 2.73. The summed E-state index contributed by atoms with van der Waals surface area (Å²) in [5.41, 5.74) is 0. The summed E-state index contributed by atoms with van der Waals surface area (Å²) < 4.78 is 14.2. The summed E-state index contributed by atoms with van der Waals surface area (Å²) in [5.74, 6) is -0.0822. The predicted octanol–water partition coefficient (Wildman–Crippen LogP) is -0.0905. The van der Waals surface area contributed by atoms with Crippen LogP contribution < -0.4 is 0 Å². The standard InChI is InChI=1S/C9H18NO2.B2O/c1-10(6-3-4-7-10)8-5-9(11)12-2;1-2-3/h3-8H2,1-2H3;/q+1;. The maximum absolute atomic E-state index is 10.9. The van der Waals surface area contributed by atoms with Gasteiger partial charge < -0.3 is 9.22 Å². The van der Waals surface area contributed by atoms with E-state index >= 15 is 0 Å². The van der Waals surface area contributed by atoms with E-state index in [2.05, 4.69) is 19.5 Å². The van der Waals surface area contributed by atoms with Gasteiger partial charge in [-0.05, 0) is 0 Å². The van der Waals surface area contributed by atoms with Crippen molar-refractivity contribution in [1.29, 1.82) is 0 Å². The Morgan fingerprint density at radius 2 is 1.93 bits per heavy atom. The Kier molecular flexibility index (Phi) is 7.30. The fourth-order valence-electron chi connectivity index (χ4n) is 1.79. The van der Waals surface area contributed by atoms with Crippen LogP contribution in [-0.4, -0.2) is 59.0 Å². The third kappa shape index (κ3) is 6.44. The minimum absolute atomic E-state index is 0.0822. The molecule has 0 aromatic carbocycles. The van der Waals surface area contributed by atoms with E-state index in [1.165, 1.54) is 33.0 Å². The summed E-state index contributed by atoms with van der Waals surface area (Å²) in [4.78, 5) is 10.9. The normalized spacial score (nSPS) is 17.2. The molecule has 1 saturated heterocycles. The van der Waals surface area contributed by atoms with E-state index in [-0.39, 0.29) is 13.0 Å². The number of ether oxygens (including phenoxy) is 1. The molecule has 1 fully saturated rings. The molecule has 82 valence electrons. The Labute approximate surface area is 93.2 Å². The summed E-state index contributed by atoms with van der Waals surface area (Å²) >= 11 is 0. The summed E-state index contributed by atoms with van der Waals surface area (Å²) in [6.45, 7) is 3.38.